The van der Waals surface area contributed by atoms with E-state index < -0.39 is 0 Å². The molecule has 3 aromatic carbocycles. The van der Waals surface area contributed by atoms with Crippen LogP contribution in [-0.2, 0) is 4.79 Å². The van der Waals surface area contributed by atoms with Gasteiger partial charge in [-0.1, -0.05) is 46.3 Å². The topological polar surface area (TPSA) is 51.5 Å². The van der Waals surface area contributed by atoms with Gasteiger partial charge in [0.15, 0.2) is 0 Å². The molecule has 0 aliphatic heterocycles. The summed E-state index contributed by atoms with van der Waals surface area (Å²) in [7, 11) is 0. The maximum absolute atomic E-state index is 12.7. The highest BCUT2D eigenvalue weighted by atomic mass is 79.9. The van der Waals surface area contributed by atoms with Crippen molar-refractivity contribution in [2.24, 2.45) is 0 Å². The average Bonchev–Trinajstić information content (AvgIpc) is 3.18. The Morgan fingerprint density at radius 2 is 1.88 bits per heavy atom. The summed E-state index contributed by atoms with van der Waals surface area (Å²) in [5.41, 5.74) is 6.28. The molecule has 0 spiro atoms. The van der Waals surface area contributed by atoms with Crippen molar-refractivity contribution in [3.63, 3.8) is 0 Å². The minimum atomic E-state index is -0.181. The molecule has 4 rings (SSSR count). The number of benzene rings is 3. The summed E-state index contributed by atoms with van der Waals surface area (Å²) in [6.45, 7) is 6.34. The molecule has 4 nitrogen and oxygen atoms in total. The Hall–Kier alpha value is -3.31. The molecule has 5 heteroatoms. The second-order valence-corrected chi connectivity index (χ2v) is 8.48. The van der Waals surface area contributed by atoms with Crippen molar-refractivity contribution in [2.45, 2.75) is 20.8 Å². The number of carbonyl (C=O) groups is 1. The number of fused-ring (bicyclic) bond motifs is 1. The van der Waals surface area contributed by atoms with Gasteiger partial charge in [0.2, 0.25) is 5.91 Å². The van der Waals surface area contributed by atoms with Crippen LogP contribution in [0.4, 0.5) is 5.69 Å². The van der Waals surface area contributed by atoms with Gasteiger partial charge in [-0.05, 0) is 61.7 Å². The molecular formula is C27H24BrNO3. The van der Waals surface area contributed by atoms with E-state index in [1.54, 1.807) is 12.3 Å². The summed E-state index contributed by atoms with van der Waals surface area (Å²) in [6, 6.07) is 19.7. The lowest BCUT2D eigenvalue weighted by molar-refractivity contribution is -0.111. The van der Waals surface area contributed by atoms with Gasteiger partial charge in [-0.25, -0.2) is 0 Å². The van der Waals surface area contributed by atoms with Crippen LogP contribution in [0.1, 0.15) is 25.0 Å². The van der Waals surface area contributed by atoms with Crippen LogP contribution in [-0.4, -0.2) is 12.5 Å². The lowest BCUT2D eigenvalue weighted by Crippen LogP contribution is -2.09. The van der Waals surface area contributed by atoms with Crippen molar-refractivity contribution in [3.8, 4) is 16.9 Å². The number of furan rings is 1. The van der Waals surface area contributed by atoms with E-state index in [4.69, 9.17) is 9.15 Å². The van der Waals surface area contributed by atoms with E-state index in [1.807, 2.05) is 81.4 Å². The molecule has 162 valence electrons. The molecule has 0 unspecified atom stereocenters. The van der Waals surface area contributed by atoms with E-state index >= 15 is 0 Å². The standard InChI is InChI=1S/C27H24BrNO3/c1-4-31-25-15-26-22(23(16-32-26)19-9-11-20(28)12-10-19)14-21(25)18(3)13-27(30)29-24-8-6-5-7-17(24)2/h5-16H,4H2,1-3H3,(H,29,30)/b18-13+. The van der Waals surface area contributed by atoms with Crippen molar-refractivity contribution in [1.82, 2.24) is 0 Å². The quantitative estimate of drug-likeness (QED) is 0.283. The molecule has 0 saturated carbocycles. The number of amides is 1. The zero-order chi connectivity index (χ0) is 22.7. The van der Waals surface area contributed by atoms with Crippen molar-refractivity contribution in [1.29, 1.82) is 0 Å². The lowest BCUT2D eigenvalue weighted by Gasteiger charge is -2.12. The fourth-order valence-corrected chi connectivity index (χ4v) is 3.91. The summed E-state index contributed by atoms with van der Waals surface area (Å²) in [5.74, 6) is 0.508. The molecule has 0 atom stereocenters. The number of ether oxygens (including phenoxy) is 1. The Morgan fingerprint density at radius 3 is 2.59 bits per heavy atom. The molecule has 1 heterocycles. The van der Waals surface area contributed by atoms with Gasteiger partial charge in [0, 0.05) is 38.8 Å². The molecular weight excluding hydrogens is 466 g/mol. The normalized spacial score (nSPS) is 11.6. The molecule has 4 aromatic rings. The molecule has 1 aromatic heterocycles. The number of rotatable bonds is 6. The fraction of sp³-hybridized carbons (Fsp3) is 0.148. The molecule has 0 aliphatic carbocycles. The largest absolute Gasteiger partial charge is 0.493 e. The predicted octanol–water partition coefficient (Wildman–Crippen LogP) is 7.61. The summed E-state index contributed by atoms with van der Waals surface area (Å²) >= 11 is 3.48. The maximum Gasteiger partial charge on any atom is 0.248 e. The van der Waals surface area contributed by atoms with Gasteiger partial charge in [0.05, 0.1) is 12.9 Å². The van der Waals surface area contributed by atoms with Crippen molar-refractivity contribution < 1.29 is 13.9 Å². The van der Waals surface area contributed by atoms with Crippen molar-refractivity contribution >= 4 is 44.1 Å². The molecule has 0 aliphatic rings. The van der Waals surface area contributed by atoms with Crippen LogP contribution < -0.4 is 10.1 Å². The predicted molar refractivity (Wildman–Crippen MR) is 134 cm³/mol. The number of hydrogen-bond donors (Lipinski definition) is 1. The smallest absolute Gasteiger partial charge is 0.248 e. The van der Waals surface area contributed by atoms with E-state index in [0.717, 1.165) is 49.0 Å². The monoisotopic (exact) mass is 489 g/mol. The maximum atomic E-state index is 12.7. The van der Waals surface area contributed by atoms with Crippen LogP contribution in [0.5, 0.6) is 5.75 Å². The second kappa shape index (κ2) is 9.45. The van der Waals surface area contributed by atoms with E-state index in [9.17, 15) is 4.79 Å². The van der Waals surface area contributed by atoms with E-state index in [1.165, 1.54) is 0 Å². The summed E-state index contributed by atoms with van der Waals surface area (Å²) < 4.78 is 12.7. The van der Waals surface area contributed by atoms with Crippen LogP contribution in [0.25, 0.3) is 27.7 Å². The van der Waals surface area contributed by atoms with E-state index in [-0.39, 0.29) is 5.91 Å². The number of anilines is 1. The van der Waals surface area contributed by atoms with E-state index in [2.05, 4.69) is 21.2 Å². The Kier molecular flexibility index (Phi) is 6.47. The third kappa shape index (κ3) is 4.63. The number of carbonyl (C=O) groups excluding carboxylic acids is 1. The van der Waals surface area contributed by atoms with Crippen LogP contribution in [0.2, 0.25) is 0 Å². The minimum absolute atomic E-state index is 0.181. The van der Waals surface area contributed by atoms with Gasteiger partial charge in [-0.3, -0.25) is 4.79 Å². The Morgan fingerprint density at radius 1 is 1.12 bits per heavy atom. The number of para-hydroxylation sites is 1. The highest BCUT2D eigenvalue weighted by Gasteiger charge is 2.15. The highest BCUT2D eigenvalue weighted by molar-refractivity contribution is 9.10. The molecule has 1 amide bonds. The first-order chi connectivity index (χ1) is 15.5. The molecule has 0 fully saturated rings. The summed E-state index contributed by atoms with van der Waals surface area (Å²) in [6.07, 6.45) is 3.37. The zero-order valence-corrected chi connectivity index (χ0v) is 19.8. The fourth-order valence-electron chi connectivity index (χ4n) is 3.65. The number of halogens is 1. The molecule has 1 N–H and O–H groups in total. The molecule has 0 saturated heterocycles. The SMILES string of the molecule is CCOc1cc2occ(-c3ccc(Br)cc3)c2cc1/C(C)=C/C(=O)Nc1ccccc1C. The molecule has 0 bridgehead atoms. The minimum Gasteiger partial charge on any atom is -0.493 e. The number of hydrogen-bond acceptors (Lipinski definition) is 3. The van der Waals surface area contributed by atoms with Crippen molar-refractivity contribution in [2.75, 3.05) is 11.9 Å². The van der Waals surface area contributed by atoms with Gasteiger partial charge in [-0.15, -0.1) is 0 Å². The average molecular weight is 490 g/mol. The number of allylic oxidation sites excluding steroid dienone is 1. The van der Waals surface area contributed by atoms with Gasteiger partial charge in [0.1, 0.15) is 11.3 Å². The van der Waals surface area contributed by atoms with Crippen LogP contribution in [0.3, 0.4) is 0 Å². The van der Waals surface area contributed by atoms with E-state index in [0.29, 0.717) is 12.4 Å². The van der Waals surface area contributed by atoms with Gasteiger partial charge in [-0.2, -0.15) is 0 Å². The van der Waals surface area contributed by atoms with Crippen LogP contribution in [0.15, 0.2) is 81.9 Å². The van der Waals surface area contributed by atoms with Crippen LogP contribution >= 0.6 is 15.9 Å². The van der Waals surface area contributed by atoms with Gasteiger partial charge < -0.3 is 14.5 Å². The first-order valence-corrected chi connectivity index (χ1v) is 11.2. The summed E-state index contributed by atoms with van der Waals surface area (Å²) in [5, 5.41) is 3.93. The van der Waals surface area contributed by atoms with Crippen LogP contribution in [0, 0.1) is 6.92 Å². The van der Waals surface area contributed by atoms with Gasteiger partial charge in [0.25, 0.3) is 0 Å². The third-order valence-electron chi connectivity index (χ3n) is 5.31. The number of aryl methyl sites for hydroxylation is 1. The van der Waals surface area contributed by atoms with Gasteiger partial charge >= 0.3 is 0 Å². The molecule has 32 heavy (non-hydrogen) atoms. The second-order valence-electron chi connectivity index (χ2n) is 7.57. The molecule has 0 radical (unpaired) electrons. The zero-order valence-electron chi connectivity index (χ0n) is 18.2. The van der Waals surface area contributed by atoms with Crippen molar-refractivity contribution in [3.05, 3.63) is 88.6 Å². The first-order valence-electron chi connectivity index (χ1n) is 10.5. The highest BCUT2D eigenvalue weighted by Crippen LogP contribution is 2.37. The Labute approximate surface area is 196 Å². The number of nitrogens with one attached hydrogen (secondary N) is 1. The first kappa shape index (κ1) is 21.9. The summed E-state index contributed by atoms with van der Waals surface area (Å²) in [4.78, 5) is 12.7. The Bertz CT molecular complexity index is 1300. The lowest BCUT2D eigenvalue weighted by atomic mass is 9.99. The third-order valence-corrected chi connectivity index (χ3v) is 5.83. The Balaban J connectivity index is 1.73.